The number of halogens is 1. The number of nitrogens with zero attached hydrogens (tertiary/aromatic N) is 4. The van der Waals surface area contributed by atoms with Crippen LogP contribution >= 0.6 is 11.6 Å². The number of pyridine rings is 1. The summed E-state index contributed by atoms with van der Waals surface area (Å²) >= 11 is 6.17. The highest BCUT2D eigenvalue weighted by Gasteiger charge is 2.25. The van der Waals surface area contributed by atoms with E-state index in [1.807, 2.05) is 24.4 Å². The van der Waals surface area contributed by atoms with E-state index in [0.717, 1.165) is 30.2 Å². The molecule has 0 spiro atoms. The van der Waals surface area contributed by atoms with Gasteiger partial charge in [-0.25, -0.2) is 4.98 Å². The molecule has 108 valence electrons. The lowest BCUT2D eigenvalue weighted by Gasteiger charge is -2.36. The Hall–Kier alpha value is -1.26. The number of fused-ring (bicyclic) bond motifs is 1. The SMILES string of the molecule is CN(C)C1CCCN(c2nc3ccccn3c2CCl)C1. The highest BCUT2D eigenvalue weighted by Crippen LogP contribution is 2.27. The number of alkyl halides is 1. The molecule has 3 heterocycles. The van der Waals surface area contributed by atoms with Crippen molar-refractivity contribution in [3.8, 4) is 0 Å². The molecule has 0 bridgehead atoms. The second-order valence-electron chi connectivity index (χ2n) is 5.65. The smallest absolute Gasteiger partial charge is 0.152 e. The average Bonchev–Trinajstić information content (AvgIpc) is 2.86. The van der Waals surface area contributed by atoms with Crippen LogP contribution in [0.25, 0.3) is 5.65 Å². The molecule has 2 aromatic heterocycles. The van der Waals surface area contributed by atoms with Gasteiger partial charge in [0.2, 0.25) is 0 Å². The lowest BCUT2D eigenvalue weighted by Crippen LogP contribution is -2.45. The van der Waals surface area contributed by atoms with E-state index < -0.39 is 0 Å². The van der Waals surface area contributed by atoms with Crippen LogP contribution in [-0.4, -0.2) is 47.5 Å². The van der Waals surface area contributed by atoms with Gasteiger partial charge in [0.25, 0.3) is 0 Å². The van der Waals surface area contributed by atoms with Crippen LogP contribution in [-0.2, 0) is 5.88 Å². The maximum atomic E-state index is 6.17. The zero-order chi connectivity index (χ0) is 14.1. The monoisotopic (exact) mass is 292 g/mol. The van der Waals surface area contributed by atoms with Crippen molar-refractivity contribution in [3.05, 3.63) is 30.1 Å². The standard InChI is InChI=1S/C15H21ClN4/c1-18(2)12-6-5-8-19(11-12)15-13(10-16)20-9-4-3-7-14(20)17-15/h3-4,7,9,12H,5-6,8,10-11H2,1-2H3. The first-order valence-electron chi connectivity index (χ1n) is 7.14. The molecule has 0 aromatic carbocycles. The summed E-state index contributed by atoms with van der Waals surface area (Å²) in [5.41, 5.74) is 2.08. The Morgan fingerprint density at radius 1 is 1.40 bits per heavy atom. The Bertz CT molecular complexity index is 593. The van der Waals surface area contributed by atoms with Crippen LogP contribution in [0.1, 0.15) is 18.5 Å². The van der Waals surface area contributed by atoms with Gasteiger partial charge in [0.1, 0.15) is 5.65 Å². The van der Waals surface area contributed by atoms with Crippen molar-refractivity contribution < 1.29 is 0 Å². The molecule has 1 aliphatic rings. The second kappa shape index (κ2) is 5.62. The van der Waals surface area contributed by atoms with Crippen molar-refractivity contribution in [2.75, 3.05) is 32.1 Å². The molecule has 0 N–H and O–H groups in total. The second-order valence-corrected chi connectivity index (χ2v) is 5.92. The number of anilines is 1. The topological polar surface area (TPSA) is 23.8 Å². The minimum atomic E-state index is 0.490. The minimum absolute atomic E-state index is 0.490. The van der Waals surface area contributed by atoms with E-state index in [9.17, 15) is 0 Å². The number of likely N-dealkylation sites (N-methyl/N-ethyl adjacent to an activating group) is 1. The molecule has 20 heavy (non-hydrogen) atoms. The first kappa shape index (κ1) is 13.7. The Labute approximate surface area is 125 Å². The third-order valence-corrected chi connectivity index (χ3v) is 4.41. The summed E-state index contributed by atoms with van der Waals surface area (Å²) in [6, 6.07) is 6.67. The van der Waals surface area contributed by atoms with Crippen molar-refractivity contribution in [1.82, 2.24) is 14.3 Å². The van der Waals surface area contributed by atoms with E-state index in [0.29, 0.717) is 11.9 Å². The number of piperidine rings is 1. The Morgan fingerprint density at radius 2 is 2.25 bits per heavy atom. The molecule has 3 rings (SSSR count). The van der Waals surface area contributed by atoms with E-state index in [1.165, 1.54) is 12.8 Å². The number of hydrogen-bond acceptors (Lipinski definition) is 3. The van der Waals surface area contributed by atoms with E-state index in [4.69, 9.17) is 16.6 Å². The molecular weight excluding hydrogens is 272 g/mol. The van der Waals surface area contributed by atoms with E-state index in [-0.39, 0.29) is 0 Å². The molecule has 5 heteroatoms. The summed E-state index contributed by atoms with van der Waals surface area (Å²) in [7, 11) is 4.31. The Balaban J connectivity index is 1.96. The normalized spacial score (nSPS) is 20.0. The van der Waals surface area contributed by atoms with Gasteiger partial charge in [-0.15, -0.1) is 11.6 Å². The van der Waals surface area contributed by atoms with Crippen molar-refractivity contribution in [2.45, 2.75) is 24.8 Å². The average molecular weight is 293 g/mol. The minimum Gasteiger partial charge on any atom is -0.353 e. The van der Waals surface area contributed by atoms with Crippen molar-refractivity contribution in [2.24, 2.45) is 0 Å². The van der Waals surface area contributed by atoms with Crippen LogP contribution in [0.3, 0.4) is 0 Å². The van der Waals surface area contributed by atoms with Crippen LogP contribution in [0.15, 0.2) is 24.4 Å². The largest absolute Gasteiger partial charge is 0.353 e. The van der Waals surface area contributed by atoms with Gasteiger partial charge in [-0.2, -0.15) is 0 Å². The van der Waals surface area contributed by atoms with E-state index in [1.54, 1.807) is 0 Å². The molecule has 0 amide bonds. The molecule has 0 radical (unpaired) electrons. The molecule has 4 nitrogen and oxygen atoms in total. The van der Waals surface area contributed by atoms with Crippen LogP contribution in [0.2, 0.25) is 0 Å². The fourth-order valence-electron chi connectivity index (χ4n) is 2.98. The molecule has 2 aromatic rings. The molecular formula is C15H21ClN4. The lowest BCUT2D eigenvalue weighted by atomic mass is 10.0. The van der Waals surface area contributed by atoms with Crippen molar-refractivity contribution >= 4 is 23.1 Å². The summed E-state index contributed by atoms with van der Waals surface area (Å²) in [6.07, 6.45) is 4.50. The van der Waals surface area contributed by atoms with Crippen LogP contribution in [0.5, 0.6) is 0 Å². The Morgan fingerprint density at radius 3 is 3.00 bits per heavy atom. The molecule has 0 aliphatic carbocycles. The number of hydrogen-bond donors (Lipinski definition) is 0. The van der Waals surface area contributed by atoms with Gasteiger partial charge >= 0.3 is 0 Å². The molecule has 0 saturated carbocycles. The summed E-state index contributed by atoms with van der Waals surface area (Å²) < 4.78 is 2.10. The predicted molar refractivity (Wildman–Crippen MR) is 83.7 cm³/mol. The van der Waals surface area contributed by atoms with Crippen LogP contribution in [0.4, 0.5) is 5.82 Å². The quantitative estimate of drug-likeness (QED) is 0.813. The summed E-state index contributed by atoms with van der Waals surface area (Å²) in [5, 5.41) is 0. The molecule has 1 saturated heterocycles. The summed E-state index contributed by atoms with van der Waals surface area (Å²) in [5.74, 6) is 1.54. The summed E-state index contributed by atoms with van der Waals surface area (Å²) in [6.45, 7) is 2.10. The highest BCUT2D eigenvalue weighted by atomic mass is 35.5. The van der Waals surface area contributed by atoms with Gasteiger partial charge in [0.05, 0.1) is 11.6 Å². The maximum Gasteiger partial charge on any atom is 0.152 e. The predicted octanol–water partition coefficient (Wildman–Crippen LogP) is 2.60. The Kier molecular flexibility index (Phi) is 3.85. The fraction of sp³-hybridized carbons (Fsp3) is 0.533. The van der Waals surface area contributed by atoms with Crippen LogP contribution in [0, 0.1) is 0 Å². The number of aromatic nitrogens is 2. The highest BCUT2D eigenvalue weighted by molar-refractivity contribution is 6.17. The third-order valence-electron chi connectivity index (χ3n) is 4.16. The number of rotatable bonds is 3. The van der Waals surface area contributed by atoms with Crippen LogP contribution < -0.4 is 4.90 Å². The van der Waals surface area contributed by atoms with Gasteiger partial charge in [-0.3, -0.25) is 0 Å². The fourth-order valence-corrected chi connectivity index (χ4v) is 3.23. The van der Waals surface area contributed by atoms with Gasteiger partial charge in [-0.1, -0.05) is 6.07 Å². The molecule has 1 fully saturated rings. The zero-order valence-corrected chi connectivity index (χ0v) is 12.8. The zero-order valence-electron chi connectivity index (χ0n) is 12.1. The summed E-state index contributed by atoms with van der Waals surface area (Å²) in [4.78, 5) is 9.48. The van der Waals surface area contributed by atoms with Gasteiger partial charge in [0.15, 0.2) is 5.82 Å². The van der Waals surface area contributed by atoms with Gasteiger partial charge in [0, 0.05) is 25.3 Å². The van der Waals surface area contributed by atoms with Crippen molar-refractivity contribution in [3.63, 3.8) is 0 Å². The molecule has 1 unspecified atom stereocenters. The molecule has 1 aliphatic heterocycles. The van der Waals surface area contributed by atoms with Crippen molar-refractivity contribution in [1.29, 1.82) is 0 Å². The third kappa shape index (κ3) is 2.38. The van der Waals surface area contributed by atoms with E-state index in [2.05, 4.69) is 28.3 Å². The first-order chi connectivity index (χ1) is 9.70. The first-order valence-corrected chi connectivity index (χ1v) is 7.67. The van der Waals surface area contributed by atoms with E-state index >= 15 is 0 Å². The lowest BCUT2D eigenvalue weighted by molar-refractivity contribution is 0.257. The maximum absolute atomic E-state index is 6.17. The van der Waals surface area contributed by atoms with Gasteiger partial charge < -0.3 is 14.2 Å². The molecule has 1 atom stereocenters. The number of imidazole rings is 1. The van der Waals surface area contributed by atoms with Gasteiger partial charge in [-0.05, 0) is 39.1 Å².